The molecule has 3 aromatic rings. The van der Waals surface area contributed by atoms with Crippen LogP contribution >= 0.6 is 0 Å². The van der Waals surface area contributed by atoms with Crippen molar-refractivity contribution in [3.05, 3.63) is 62.9 Å². The molecule has 0 spiro atoms. The van der Waals surface area contributed by atoms with Gasteiger partial charge in [0, 0.05) is 42.7 Å². The summed E-state index contributed by atoms with van der Waals surface area (Å²) in [6.45, 7) is 13.0. The number of benzene rings is 1. The minimum Gasteiger partial charge on any atom is -0.457 e. The van der Waals surface area contributed by atoms with E-state index in [0.29, 0.717) is 48.3 Å². The molecular formula is C32H40N4O6Si. The third-order valence-corrected chi connectivity index (χ3v) is 11.6. The first kappa shape index (κ1) is 30.5. The van der Waals surface area contributed by atoms with E-state index in [0.717, 1.165) is 34.5 Å². The van der Waals surface area contributed by atoms with Crippen LogP contribution in [0.15, 0.2) is 35.1 Å². The number of hydrogen-bond donors (Lipinski definition) is 1. The van der Waals surface area contributed by atoms with Crippen molar-refractivity contribution in [3.63, 3.8) is 0 Å². The number of nitrogens with zero attached hydrogens (tertiary/aromatic N) is 3. The number of rotatable bonds is 9. The monoisotopic (exact) mass is 604 g/mol. The Kier molecular flexibility index (Phi) is 8.21. The van der Waals surface area contributed by atoms with Gasteiger partial charge in [0.1, 0.15) is 6.61 Å². The molecule has 4 heterocycles. The molecule has 1 N–H and O–H groups in total. The molecule has 2 aliphatic heterocycles. The largest absolute Gasteiger partial charge is 0.457 e. The van der Waals surface area contributed by atoms with Gasteiger partial charge in [-0.2, -0.15) is 0 Å². The number of para-hydroxylation sites is 1. The fraction of sp³-hybridized carbons (Fsp3) is 0.469. The Balaban J connectivity index is 1.56. The Bertz CT molecular complexity index is 1680. The Morgan fingerprint density at radius 2 is 1.86 bits per heavy atom. The Morgan fingerprint density at radius 3 is 2.53 bits per heavy atom. The summed E-state index contributed by atoms with van der Waals surface area (Å²) in [5, 5.41) is 4.20. The second kappa shape index (κ2) is 11.6. The smallest absolute Gasteiger partial charge is 0.355 e. The summed E-state index contributed by atoms with van der Waals surface area (Å²) in [7, 11) is -1.85. The van der Waals surface area contributed by atoms with E-state index in [2.05, 4.69) is 24.5 Å². The molecule has 2 aliphatic rings. The van der Waals surface area contributed by atoms with Gasteiger partial charge in [0.05, 0.1) is 37.1 Å². The van der Waals surface area contributed by atoms with Crippen molar-refractivity contribution in [3.8, 4) is 11.4 Å². The number of hydrogen-bond acceptors (Lipinski definition) is 7. The van der Waals surface area contributed by atoms with Crippen molar-refractivity contribution in [2.24, 2.45) is 0 Å². The van der Waals surface area contributed by atoms with Gasteiger partial charge < -0.3 is 24.3 Å². The van der Waals surface area contributed by atoms with Crippen molar-refractivity contribution in [1.82, 2.24) is 19.8 Å². The molecule has 0 radical (unpaired) electrons. The van der Waals surface area contributed by atoms with Crippen molar-refractivity contribution >= 4 is 36.9 Å². The average molecular weight is 605 g/mol. The van der Waals surface area contributed by atoms with Gasteiger partial charge in [-0.25, -0.2) is 14.6 Å². The molecular weight excluding hydrogens is 564 g/mol. The van der Waals surface area contributed by atoms with Crippen LogP contribution in [0, 0.1) is 0 Å². The zero-order valence-electron chi connectivity index (χ0n) is 25.8. The van der Waals surface area contributed by atoms with Gasteiger partial charge >= 0.3 is 18.0 Å². The summed E-state index contributed by atoms with van der Waals surface area (Å²) in [6, 6.07) is 10.7. The van der Waals surface area contributed by atoms with Gasteiger partial charge in [0.25, 0.3) is 5.56 Å². The van der Waals surface area contributed by atoms with Gasteiger partial charge in [-0.1, -0.05) is 44.3 Å². The van der Waals surface area contributed by atoms with E-state index < -0.39 is 25.6 Å². The second-order valence-electron chi connectivity index (χ2n) is 12.1. The summed E-state index contributed by atoms with van der Waals surface area (Å²) in [4.78, 5) is 58.4. The highest BCUT2D eigenvalue weighted by atomic mass is 28.3. The minimum atomic E-state index is -1.85. The number of urea groups is 1. The van der Waals surface area contributed by atoms with Crippen LogP contribution in [0.5, 0.6) is 0 Å². The number of amides is 2. The number of fused-ring (bicyclic) bond motifs is 5. The lowest BCUT2D eigenvalue weighted by atomic mass is 9.85. The third kappa shape index (κ3) is 5.35. The molecule has 10 nitrogen and oxygen atoms in total. The molecule has 5 rings (SSSR count). The van der Waals surface area contributed by atoms with E-state index >= 15 is 0 Å². The van der Waals surface area contributed by atoms with Gasteiger partial charge in [0.15, 0.2) is 0 Å². The van der Waals surface area contributed by atoms with Crippen LogP contribution in [0.25, 0.3) is 22.3 Å². The lowest BCUT2D eigenvalue weighted by Gasteiger charge is -2.35. The number of ether oxygens (including phenoxy) is 2. The third-order valence-electron chi connectivity index (χ3n) is 8.82. The molecule has 2 amide bonds. The molecule has 1 aromatic carbocycles. The molecule has 0 saturated heterocycles. The summed E-state index contributed by atoms with van der Waals surface area (Å²) in [5.41, 5.74) is 3.01. The van der Waals surface area contributed by atoms with Crippen LogP contribution in [-0.4, -0.2) is 59.8 Å². The zero-order valence-corrected chi connectivity index (χ0v) is 26.8. The fourth-order valence-corrected chi connectivity index (χ4v) is 8.02. The molecule has 228 valence electrons. The lowest BCUT2D eigenvalue weighted by Crippen LogP contribution is -2.47. The highest BCUT2D eigenvalue weighted by Gasteiger charge is 2.50. The highest BCUT2D eigenvalue weighted by molar-refractivity contribution is 6.77. The summed E-state index contributed by atoms with van der Waals surface area (Å²) >= 11 is 0. The second-order valence-corrected chi connectivity index (χ2v) is 17.3. The molecule has 0 saturated carbocycles. The van der Waals surface area contributed by atoms with Gasteiger partial charge in [-0.05, 0) is 44.4 Å². The van der Waals surface area contributed by atoms with E-state index in [1.54, 1.807) is 22.5 Å². The normalized spacial score (nSPS) is 17.1. The van der Waals surface area contributed by atoms with Crippen molar-refractivity contribution in [1.29, 1.82) is 0 Å². The van der Waals surface area contributed by atoms with Crippen LogP contribution in [0.1, 0.15) is 56.4 Å². The highest BCUT2D eigenvalue weighted by Crippen LogP contribution is 2.42. The number of cyclic esters (lactones) is 1. The summed E-state index contributed by atoms with van der Waals surface area (Å²) in [5.74, 6) is -1.30. The van der Waals surface area contributed by atoms with Crippen LogP contribution < -0.4 is 10.9 Å². The molecule has 0 aliphatic carbocycles. The van der Waals surface area contributed by atoms with Crippen LogP contribution in [-0.2, 0) is 44.2 Å². The summed E-state index contributed by atoms with van der Waals surface area (Å²) in [6.07, 6.45) is 1.58. The predicted octanol–water partition coefficient (Wildman–Crippen LogP) is 4.49. The van der Waals surface area contributed by atoms with Crippen LogP contribution in [0.2, 0.25) is 19.1 Å². The quantitative estimate of drug-likeness (QED) is 0.221. The SMILES string of the molecule is CCN(CC)C(=O)NC[Si](C)(C)CCc1c2c(nc3ccccc13)-c1cc3c(c(=O)n1C2)COC(=O)[C@@]3(CC)OC(C)=O. The first-order chi connectivity index (χ1) is 20.5. The average Bonchev–Trinajstić information content (AvgIpc) is 3.35. The van der Waals surface area contributed by atoms with Crippen molar-refractivity contribution in [2.75, 3.05) is 19.3 Å². The van der Waals surface area contributed by atoms with Crippen molar-refractivity contribution in [2.45, 2.75) is 78.4 Å². The lowest BCUT2D eigenvalue weighted by molar-refractivity contribution is -0.188. The number of aryl methyl sites for hydroxylation is 1. The molecule has 0 unspecified atom stereocenters. The van der Waals surface area contributed by atoms with Crippen LogP contribution in [0.4, 0.5) is 4.79 Å². The molecule has 1 atom stereocenters. The first-order valence-electron chi connectivity index (χ1n) is 15.0. The number of carbonyl (C=O) groups is 3. The number of nitrogens with one attached hydrogen (secondary N) is 1. The maximum absolute atomic E-state index is 13.9. The van der Waals surface area contributed by atoms with Crippen LogP contribution in [0.3, 0.4) is 0 Å². The predicted molar refractivity (Wildman–Crippen MR) is 166 cm³/mol. The Hall–Kier alpha value is -3.99. The van der Waals surface area contributed by atoms with Gasteiger partial charge in [-0.3, -0.25) is 9.59 Å². The fourth-order valence-electron chi connectivity index (χ4n) is 6.29. The first-order valence-corrected chi connectivity index (χ1v) is 18.4. The maximum Gasteiger partial charge on any atom is 0.355 e. The number of carbonyl (C=O) groups excluding carboxylic acids is 3. The minimum absolute atomic E-state index is 0.0287. The molecule has 11 heteroatoms. The Labute approximate surface area is 252 Å². The van der Waals surface area contributed by atoms with E-state index in [1.165, 1.54) is 6.92 Å². The number of pyridine rings is 2. The van der Waals surface area contributed by atoms with Gasteiger partial charge in [0.2, 0.25) is 5.60 Å². The topological polar surface area (TPSA) is 120 Å². The van der Waals surface area contributed by atoms with Gasteiger partial charge in [-0.15, -0.1) is 0 Å². The maximum atomic E-state index is 13.9. The van der Waals surface area contributed by atoms with E-state index in [-0.39, 0.29) is 24.6 Å². The number of aromatic nitrogens is 2. The standard InChI is InChI=1S/C32H40N4O6Si/c1-7-32(42-20(4)37)25-16-27-28-23(17-36(27)29(38)24(25)18-41-30(32)39)21(22-12-10-11-13-26(22)34-28)14-15-43(5,6)19-33-31(40)35(8-2)9-3/h10-13,16H,7-9,14-15,17-19H2,1-6H3,(H,33,40)/t32-/m0/s1. The van der Waals surface area contributed by atoms with Crippen molar-refractivity contribution < 1.29 is 23.9 Å². The summed E-state index contributed by atoms with van der Waals surface area (Å²) < 4.78 is 12.7. The molecule has 2 aromatic heterocycles. The molecule has 0 bridgehead atoms. The molecule has 0 fully saturated rings. The van der Waals surface area contributed by atoms with E-state index in [1.807, 2.05) is 32.0 Å². The zero-order chi connectivity index (χ0) is 31.1. The molecule has 43 heavy (non-hydrogen) atoms. The van der Waals surface area contributed by atoms with E-state index in [4.69, 9.17) is 14.5 Å². The van der Waals surface area contributed by atoms with E-state index in [9.17, 15) is 19.2 Å². The Morgan fingerprint density at radius 1 is 1.14 bits per heavy atom. The number of esters is 2.